The minimum Gasteiger partial charge on any atom is -0.340 e. The van der Waals surface area contributed by atoms with Gasteiger partial charge in [-0.15, -0.1) is 0 Å². The molecule has 1 aliphatic rings. The highest BCUT2D eigenvalue weighted by Crippen LogP contribution is 2.08. The lowest BCUT2D eigenvalue weighted by atomic mass is 10.3. The molecule has 0 bridgehead atoms. The van der Waals surface area contributed by atoms with E-state index in [1.165, 1.54) is 5.56 Å². The van der Waals surface area contributed by atoms with Gasteiger partial charge in [0.25, 0.3) is 0 Å². The van der Waals surface area contributed by atoms with Crippen LogP contribution in [0, 0.1) is 0 Å². The summed E-state index contributed by atoms with van der Waals surface area (Å²) in [4.78, 5) is 16.3. The first-order valence-electron chi connectivity index (χ1n) is 7.39. The van der Waals surface area contributed by atoms with Crippen LogP contribution >= 0.6 is 0 Å². The van der Waals surface area contributed by atoms with Gasteiger partial charge in [-0.25, -0.2) is 0 Å². The Bertz CT molecular complexity index is 431. The summed E-state index contributed by atoms with van der Waals surface area (Å²) in [5.74, 6) is 0.202. The van der Waals surface area contributed by atoms with Crippen molar-refractivity contribution in [3.63, 3.8) is 0 Å². The molecular formula is C14H25N5O. The Morgan fingerprint density at radius 2 is 2.20 bits per heavy atom. The molecule has 1 fully saturated rings. The van der Waals surface area contributed by atoms with Crippen LogP contribution in [-0.4, -0.2) is 65.3 Å². The van der Waals surface area contributed by atoms with E-state index in [-0.39, 0.29) is 5.91 Å². The quantitative estimate of drug-likeness (QED) is 0.834. The van der Waals surface area contributed by atoms with Gasteiger partial charge in [0.15, 0.2) is 0 Å². The smallest absolute Gasteiger partial charge is 0.236 e. The molecule has 0 aromatic carbocycles. The summed E-state index contributed by atoms with van der Waals surface area (Å²) in [6.45, 7) is 8.03. The normalized spacial score (nSPS) is 17.2. The largest absolute Gasteiger partial charge is 0.340 e. The molecule has 1 saturated heterocycles. The van der Waals surface area contributed by atoms with E-state index in [0.717, 1.165) is 45.7 Å². The van der Waals surface area contributed by atoms with Crippen LogP contribution in [0.3, 0.4) is 0 Å². The Morgan fingerprint density at radius 3 is 2.90 bits per heavy atom. The van der Waals surface area contributed by atoms with Crippen LogP contribution in [0.15, 0.2) is 12.4 Å². The second-order valence-electron chi connectivity index (χ2n) is 5.25. The molecule has 0 spiro atoms. The molecule has 6 nitrogen and oxygen atoms in total. The molecule has 0 atom stereocenters. The van der Waals surface area contributed by atoms with Gasteiger partial charge in [-0.2, -0.15) is 5.10 Å². The van der Waals surface area contributed by atoms with Crippen LogP contribution in [0.2, 0.25) is 0 Å². The molecule has 0 aliphatic carbocycles. The van der Waals surface area contributed by atoms with Crippen LogP contribution < -0.4 is 5.32 Å². The minimum atomic E-state index is 0.202. The lowest BCUT2D eigenvalue weighted by Gasteiger charge is -2.21. The van der Waals surface area contributed by atoms with Crippen molar-refractivity contribution in [1.29, 1.82) is 0 Å². The first-order valence-corrected chi connectivity index (χ1v) is 7.39. The number of nitrogens with one attached hydrogen (secondary N) is 1. The van der Waals surface area contributed by atoms with Crippen molar-refractivity contribution in [3.8, 4) is 0 Å². The van der Waals surface area contributed by atoms with Gasteiger partial charge < -0.3 is 10.2 Å². The highest BCUT2D eigenvalue weighted by molar-refractivity contribution is 5.78. The van der Waals surface area contributed by atoms with Gasteiger partial charge in [-0.3, -0.25) is 14.4 Å². The van der Waals surface area contributed by atoms with Gasteiger partial charge in [0, 0.05) is 51.0 Å². The fourth-order valence-electron chi connectivity index (χ4n) is 2.56. The van der Waals surface area contributed by atoms with Crippen LogP contribution in [0.4, 0.5) is 0 Å². The lowest BCUT2D eigenvalue weighted by molar-refractivity contribution is -0.130. The zero-order valence-electron chi connectivity index (χ0n) is 12.5. The number of carbonyl (C=O) groups excluding carboxylic acids is 1. The molecule has 2 rings (SSSR count). The predicted octanol–water partition coefficient (Wildman–Crippen LogP) is 0.157. The van der Waals surface area contributed by atoms with Gasteiger partial charge in [0.1, 0.15) is 0 Å². The molecule has 1 aromatic heterocycles. The second-order valence-corrected chi connectivity index (χ2v) is 5.25. The fraction of sp³-hybridized carbons (Fsp3) is 0.714. The molecule has 0 saturated carbocycles. The Kier molecular flexibility index (Phi) is 5.55. The molecule has 0 unspecified atom stereocenters. The van der Waals surface area contributed by atoms with Crippen molar-refractivity contribution < 1.29 is 4.79 Å². The summed E-state index contributed by atoms with van der Waals surface area (Å²) in [5.41, 5.74) is 1.25. The molecular weight excluding hydrogens is 254 g/mol. The molecule has 2 heterocycles. The number of carbonyl (C=O) groups is 1. The van der Waals surface area contributed by atoms with Crippen molar-refractivity contribution in [2.24, 2.45) is 0 Å². The Labute approximate surface area is 120 Å². The van der Waals surface area contributed by atoms with Gasteiger partial charge in [0.05, 0.1) is 12.7 Å². The summed E-state index contributed by atoms with van der Waals surface area (Å²) in [6.07, 6.45) is 5.09. The molecule has 0 radical (unpaired) electrons. The maximum Gasteiger partial charge on any atom is 0.236 e. The highest BCUT2D eigenvalue weighted by atomic mass is 16.2. The molecule has 1 amide bonds. The molecule has 112 valence electrons. The Hall–Kier alpha value is -1.40. The van der Waals surface area contributed by atoms with E-state index in [0.29, 0.717) is 6.54 Å². The van der Waals surface area contributed by atoms with Gasteiger partial charge in [-0.1, -0.05) is 0 Å². The van der Waals surface area contributed by atoms with E-state index < -0.39 is 0 Å². The summed E-state index contributed by atoms with van der Waals surface area (Å²) >= 11 is 0. The number of hydrogen-bond acceptors (Lipinski definition) is 4. The summed E-state index contributed by atoms with van der Waals surface area (Å²) in [7, 11) is 1.81. The van der Waals surface area contributed by atoms with Crippen molar-refractivity contribution in [1.82, 2.24) is 24.9 Å². The first kappa shape index (κ1) is 15.0. The first-order chi connectivity index (χ1) is 9.72. The number of amides is 1. The summed E-state index contributed by atoms with van der Waals surface area (Å²) in [6, 6.07) is 0. The van der Waals surface area contributed by atoms with Crippen molar-refractivity contribution >= 4 is 5.91 Å². The topological polar surface area (TPSA) is 53.4 Å². The fourth-order valence-corrected chi connectivity index (χ4v) is 2.56. The number of rotatable bonds is 5. The SMILES string of the molecule is CCn1cc(CN2CCCN(C(=O)CNC)CC2)cn1. The number of aryl methyl sites for hydroxylation is 1. The number of likely N-dealkylation sites (N-methyl/N-ethyl adjacent to an activating group) is 1. The van der Waals surface area contributed by atoms with E-state index >= 15 is 0 Å². The van der Waals surface area contributed by atoms with Gasteiger partial charge in [0.2, 0.25) is 5.91 Å². The maximum atomic E-state index is 11.9. The predicted molar refractivity (Wildman–Crippen MR) is 78.3 cm³/mol. The Balaban J connectivity index is 1.84. The number of aromatic nitrogens is 2. The van der Waals surface area contributed by atoms with Crippen molar-refractivity contribution in [3.05, 3.63) is 18.0 Å². The molecule has 1 N–H and O–H groups in total. The standard InChI is InChI=1S/C14H25N5O/c1-3-19-12-13(9-16-19)11-17-5-4-6-18(8-7-17)14(20)10-15-2/h9,12,15H,3-8,10-11H2,1-2H3. The highest BCUT2D eigenvalue weighted by Gasteiger charge is 2.18. The van der Waals surface area contributed by atoms with E-state index in [2.05, 4.69) is 28.4 Å². The van der Waals surface area contributed by atoms with Crippen LogP contribution in [0.1, 0.15) is 18.9 Å². The van der Waals surface area contributed by atoms with Crippen molar-refractivity contribution in [2.75, 3.05) is 39.8 Å². The average molecular weight is 279 g/mol. The van der Waals surface area contributed by atoms with E-state index in [1.54, 1.807) is 0 Å². The average Bonchev–Trinajstić information content (AvgIpc) is 2.76. The zero-order valence-corrected chi connectivity index (χ0v) is 12.5. The van der Waals surface area contributed by atoms with E-state index in [4.69, 9.17) is 0 Å². The lowest BCUT2D eigenvalue weighted by Crippen LogP contribution is -2.39. The van der Waals surface area contributed by atoms with Crippen LogP contribution in [-0.2, 0) is 17.9 Å². The minimum absolute atomic E-state index is 0.202. The zero-order chi connectivity index (χ0) is 14.4. The van der Waals surface area contributed by atoms with Gasteiger partial charge >= 0.3 is 0 Å². The summed E-state index contributed by atoms with van der Waals surface area (Å²) in [5, 5.41) is 7.24. The van der Waals surface area contributed by atoms with E-state index in [9.17, 15) is 4.79 Å². The molecule has 6 heteroatoms. The number of hydrogen-bond donors (Lipinski definition) is 1. The van der Waals surface area contributed by atoms with Crippen LogP contribution in [0.25, 0.3) is 0 Å². The van der Waals surface area contributed by atoms with Gasteiger partial charge in [-0.05, 0) is 20.4 Å². The van der Waals surface area contributed by atoms with Crippen molar-refractivity contribution in [2.45, 2.75) is 26.4 Å². The second kappa shape index (κ2) is 7.40. The monoisotopic (exact) mass is 279 g/mol. The molecule has 1 aliphatic heterocycles. The molecule has 20 heavy (non-hydrogen) atoms. The van der Waals surface area contributed by atoms with Crippen LogP contribution in [0.5, 0.6) is 0 Å². The Morgan fingerprint density at radius 1 is 1.35 bits per heavy atom. The third kappa shape index (κ3) is 4.05. The number of nitrogens with zero attached hydrogens (tertiary/aromatic N) is 4. The van der Waals surface area contributed by atoms with E-state index in [1.807, 2.05) is 22.8 Å². The maximum absolute atomic E-state index is 11.9. The third-order valence-corrected chi connectivity index (χ3v) is 3.69. The third-order valence-electron chi connectivity index (χ3n) is 3.69. The summed E-state index contributed by atoms with van der Waals surface area (Å²) < 4.78 is 1.95. The molecule has 1 aromatic rings.